The van der Waals surface area contributed by atoms with E-state index in [1.54, 1.807) is 14.2 Å². The van der Waals surface area contributed by atoms with Crippen molar-refractivity contribution in [2.45, 2.75) is 83.0 Å². The Hall–Kier alpha value is -3.67. The molecule has 0 spiro atoms. The van der Waals surface area contributed by atoms with Crippen molar-refractivity contribution in [3.8, 4) is 11.5 Å². The summed E-state index contributed by atoms with van der Waals surface area (Å²) in [5.74, 6) is -1.72. The second-order valence-corrected chi connectivity index (χ2v) is 20.0. The molecule has 0 aromatic heterocycles. The molecule has 2 saturated carbocycles. The lowest BCUT2D eigenvalue weighted by atomic mass is 9.54. The highest BCUT2D eigenvalue weighted by Gasteiger charge is 2.72. The molecule has 1 heterocycles. The molecule has 0 amide bonds. The molecule has 48 heavy (non-hydrogen) atoms. The summed E-state index contributed by atoms with van der Waals surface area (Å²) < 4.78 is 24.8. The first-order chi connectivity index (χ1) is 22.6. The molecule has 6 rings (SSSR count). The van der Waals surface area contributed by atoms with Crippen LogP contribution in [0.4, 0.5) is 0 Å². The minimum Gasteiger partial charge on any atom is -0.507 e. The topological polar surface area (TPSA) is 116 Å². The van der Waals surface area contributed by atoms with Crippen LogP contribution in [0.25, 0.3) is 5.76 Å². The average molecular weight is 677 g/mol. The number of methoxy groups -OCH3 is 2. The summed E-state index contributed by atoms with van der Waals surface area (Å²) in [6.45, 7) is 12.4. The first-order valence-electron chi connectivity index (χ1n) is 16.6. The Kier molecular flexibility index (Phi) is 8.57. The molecule has 1 aliphatic heterocycles. The second-order valence-electron chi connectivity index (χ2n) is 15.3. The Morgan fingerprint density at radius 2 is 1.75 bits per heavy atom. The number of aliphatic hydroxyl groups excluding tert-OH is 1. The van der Waals surface area contributed by atoms with Crippen LogP contribution < -0.4 is 9.47 Å². The molecule has 2 fully saturated rings. The van der Waals surface area contributed by atoms with Crippen LogP contribution in [0.1, 0.15) is 49.4 Å². The van der Waals surface area contributed by atoms with Gasteiger partial charge in [-0.15, -0.1) is 0 Å². The number of ether oxygens (including phenoxy) is 3. The van der Waals surface area contributed by atoms with Gasteiger partial charge < -0.3 is 33.5 Å². The summed E-state index contributed by atoms with van der Waals surface area (Å²) in [7, 11) is 4.20. The number of rotatable bonds is 7. The van der Waals surface area contributed by atoms with Crippen LogP contribution in [0.2, 0.25) is 18.1 Å². The zero-order chi connectivity index (χ0) is 34.9. The lowest BCUT2D eigenvalue weighted by Crippen LogP contribution is -2.75. The van der Waals surface area contributed by atoms with Crippen LogP contribution in [0, 0.1) is 24.7 Å². The van der Waals surface area contributed by atoms with Crippen molar-refractivity contribution in [1.82, 2.24) is 4.90 Å². The molecule has 258 valence electrons. The number of aliphatic hydroxyl groups is 1. The van der Waals surface area contributed by atoms with E-state index in [9.17, 15) is 5.11 Å². The van der Waals surface area contributed by atoms with E-state index in [0.29, 0.717) is 35.5 Å². The molecule has 11 heteroatoms. The monoisotopic (exact) mass is 676 g/mol. The third-order valence-electron chi connectivity index (χ3n) is 11.3. The molecule has 6 atom stereocenters. The number of oxime groups is 1. The Morgan fingerprint density at radius 3 is 2.35 bits per heavy atom. The van der Waals surface area contributed by atoms with E-state index in [4.69, 9.17) is 23.5 Å². The van der Waals surface area contributed by atoms with Gasteiger partial charge in [-0.1, -0.05) is 56.3 Å². The van der Waals surface area contributed by atoms with E-state index < -0.39 is 49.5 Å². The standard InChI is InChI=1S/C37H48N2O8Si/c1-20-25(43-7)18-26(44-8)23-16-22-17-24-30(39(5)6)32-29(35(38-46-32)45-19-21-14-12-11-13-15-21)34(42)37(24,47-48(9,10)36(2,3)4)33(41)28(22)31(40)27(20)23/h11-15,18,22,24,29-30,32,40H,16-17,19H2,1-10H3/t22-,24-,29?,30-,32?,37-/m0/s1. The SMILES string of the molecule is COc1cc(OC)c2c(c1C)C(O)=C1C(=O)[C@]3(O[Si](C)(C)C(C)(C)C)C(=O)C4C(OCc5ccccc5)=NOC4[C@@H](N(C)C)[C@@H]3C[C@@H]1C2. The fourth-order valence-electron chi connectivity index (χ4n) is 7.97. The van der Waals surface area contributed by atoms with E-state index in [0.717, 1.165) is 11.1 Å². The molecular weight excluding hydrogens is 628 g/mol. The van der Waals surface area contributed by atoms with Gasteiger partial charge in [0.2, 0.25) is 11.7 Å². The highest BCUT2D eigenvalue weighted by molar-refractivity contribution is 6.74. The zero-order valence-electron chi connectivity index (χ0n) is 29.7. The van der Waals surface area contributed by atoms with Gasteiger partial charge in [0.1, 0.15) is 29.8 Å². The Bertz CT molecular complexity index is 1690. The van der Waals surface area contributed by atoms with Crippen molar-refractivity contribution in [3.05, 3.63) is 64.2 Å². The summed E-state index contributed by atoms with van der Waals surface area (Å²) in [6, 6.07) is 11.0. The van der Waals surface area contributed by atoms with Crippen molar-refractivity contribution in [3.63, 3.8) is 0 Å². The van der Waals surface area contributed by atoms with Gasteiger partial charge in [-0.2, -0.15) is 0 Å². The number of ketones is 2. The molecule has 4 aliphatic rings. The summed E-state index contributed by atoms with van der Waals surface area (Å²) >= 11 is 0. The molecule has 1 N–H and O–H groups in total. The zero-order valence-corrected chi connectivity index (χ0v) is 30.7. The average Bonchev–Trinajstić information content (AvgIpc) is 3.44. The molecule has 2 unspecified atom stereocenters. The molecule has 10 nitrogen and oxygen atoms in total. The number of benzene rings is 2. The van der Waals surface area contributed by atoms with Crippen molar-refractivity contribution in [2.75, 3.05) is 28.3 Å². The highest BCUT2D eigenvalue weighted by atomic mass is 28.4. The predicted octanol–water partition coefficient (Wildman–Crippen LogP) is 5.86. The fourth-order valence-corrected chi connectivity index (χ4v) is 9.43. The van der Waals surface area contributed by atoms with Crippen LogP contribution in [0.5, 0.6) is 11.5 Å². The molecule has 0 radical (unpaired) electrons. The summed E-state index contributed by atoms with van der Waals surface area (Å²) in [6.07, 6.45) is 0.185. The van der Waals surface area contributed by atoms with Crippen LogP contribution in [0.15, 0.2) is 47.1 Å². The van der Waals surface area contributed by atoms with E-state index in [1.807, 2.05) is 62.3 Å². The normalized spacial score (nSPS) is 28.2. The lowest BCUT2D eigenvalue weighted by Gasteiger charge is -2.57. The highest BCUT2D eigenvalue weighted by Crippen LogP contribution is 2.57. The van der Waals surface area contributed by atoms with Crippen molar-refractivity contribution >= 4 is 31.5 Å². The quantitative estimate of drug-likeness (QED) is 0.284. The van der Waals surface area contributed by atoms with Crippen LogP contribution in [0.3, 0.4) is 0 Å². The number of carbonyl (C=O) groups is 2. The number of nitrogens with zero attached hydrogens (tertiary/aromatic N) is 2. The van der Waals surface area contributed by atoms with Gasteiger partial charge in [0.25, 0.3) is 0 Å². The third kappa shape index (κ3) is 5.08. The maximum absolute atomic E-state index is 15.5. The largest absolute Gasteiger partial charge is 0.507 e. The Morgan fingerprint density at radius 1 is 1.08 bits per heavy atom. The van der Waals surface area contributed by atoms with Gasteiger partial charge in [-0.25, -0.2) is 0 Å². The number of carbonyl (C=O) groups excluding carboxylic acids is 2. The number of fused-ring (bicyclic) bond motifs is 4. The fraction of sp³-hybridized carbons (Fsp3) is 0.541. The second kappa shape index (κ2) is 12.0. The molecule has 0 saturated heterocycles. The lowest BCUT2D eigenvalue weighted by molar-refractivity contribution is -0.178. The summed E-state index contributed by atoms with van der Waals surface area (Å²) in [5, 5.41) is 16.1. The van der Waals surface area contributed by atoms with Gasteiger partial charge in [0, 0.05) is 34.2 Å². The maximum atomic E-state index is 15.5. The Labute approximate surface area is 284 Å². The van der Waals surface area contributed by atoms with Gasteiger partial charge in [0.15, 0.2) is 25.8 Å². The first kappa shape index (κ1) is 34.2. The predicted molar refractivity (Wildman–Crippen MR) is 185 cm³/mol. The summed E-state index contributed by atoms with van der Waals surface area (Å²) in [4.78, 5) is 38.9. The molecule has 3 aliphatic carbocycles. The van der Waals surface area contributed by atoms with E-state index in [1.165, 1.54) is 0 Å². The van der Waals surface area contributed by atoms with E-state index >= 15 is 9.59 Å². The minimum absolute atomic E-state index is 0.143. The van der Waals surface area contributed by atoms with Crippen LogP contribution >= 0.6 is 0 Å². The number of hydrogen-bond acceptors (Lipinski definition) is 10. The van der Waals surface area contributed by atoms with Crippen LogP contribution in [-0.4, -0.2) is 81.8 Å². The van der Waals surface area contributed by atoms with Gasteiger partial charge in [0.05, 0.1) is 20.3 Å². The number of hydrogen-bond donors (Lipinski definition) is 1. The molecule has 2 aromatic carbocycles. The van der Waals surface area contributed by atoms with Gasteiger partial charge in [-0.3, -0.25) is 9.59 Å². The van der Waals surface area contributed by atoms with Crippen molar-refractivity contribution in [1.29, 1.82) is 0 Å². The molecule has 2 aromatic rings. The van der Waals surface area contributed by atoms with Gasteiger partial charge in [-0.05, 0) is 63.5 Å². The number of Topliss-reactive ketones (excluding diaryl/α,β-unsaturated/α-hetero) is 2. The Balaban J connectivity index is 1.54. The smallest absolute Gasteiger partial charge is 0.240 e. The number of likely N-dealkylation sites (N-methyl/N-ethyl adjacent to an activating group) is 1. The third-order valence-corrected chi connectivity index (χ3v) is 15.8. The van der Waals surface area contributed by atoms with E-state index in [-0.39, 0.29) is 34.8 Å². The van der Waals surface area contributed by atoms with Crippen molar-refractivity contribution in [2.24, 2.45) is 22.9 Å². The van der Waals surface area contributed by atoms with E-state index in [2.05, 4.69) is 39.0 Å². The first-order valence-corrected chi connectivity index (χ1v) is 19.5. The molecular formula is C37H48N2O8Si. The summed E-state index contributed by atoms with van der Waals surface area (Å²) in [5.41, 5.74) is 1.26. The molecule has 0 bridgehead atoms. The minimum atomic E-state index is -2.81. The van der Waals surface area contributed by atoms with Crippen LogP contribution in [-0.2, 0) is 36.6 Å². The van der Waals surface area contributed by atoms with Crippen molar-refractivity contribution < 1.29 is 38.2 Å². The maximum Gasteiger partial charge on any atom is 0.240 e. The van der Waals surface area contributed by atoms with Gasteiger partial charge >= 0.3 is 0 Å².